The molecule has 2 aromatic heterocycles. The molecule has 0 saturated carbocycles. The molecule has 0 saturated heterocycles. The van der Waals surface area contributed by atoms with E-state index in [9.17, 15) is 10.1 Å². The highest BCUT2D eigenvalue weighted by Gasteiger charge is 2.12. The van der Waals surface area contributed by atoms with Crippen molar-refractivity contribution in [3.8, 4) is 11.5 Å². The second-order valence-corrected chi connectivity index (χ2v) is 2.71. The zero-order valence-electron chi connectivity index (χ0n) is 7.57. The summed E-state index contributed by atoms with van der Waals surface area (Å²) in [4.78, 5) is 21.6. The maximum Gasteiger partial charge on any atom is 0.367 e. The van der Waals surface area contributed by atoms with Gasteiger partial charge in [0.25, 0.3) is 5.82 Å². The molecule has 0 aliphatic heterocycles. The van der Waals surface area contributed by atoms with Crippen molar-refractivity contribution >= 4 is 5.82 Å². The first-order chi connectivity index (χ1) is 7.27. The SMILES string of the molecule is O=[N+]([O-])c1ccnc(-c2ccccn2)n1. The van der Waals surface area contributed by atoms with Gasteiger partial charge in [0, 0.05) is 12.4 Å². The number of nitro groups is 1. The van der Waals surface area contributed by atoms with Gasteiger partial charge in [-0.2, -0.15) is 0 Å². The van der Waals surface area contributed by atoms with E-state index in [0.717, 1.165) is 0 Å². The fourth-order valence-electron chi connectivity index (χ4n) is 1.07. The predicted molar refractivity (Wildman–Crippen MR) is 51.9 cm³/mol. The topological polar surface area (TPSA) is 81.8 Å². The van der Waals surface area contributed by atoms with E-state index >= 15 is 0 Å². The first-order valence-electron chi connectivity index (χ1n) is 4.16. The molecule has 0 aliphatic rings. The van der Waals surface area contributed by atoms with Crippen LogP contribution in [0.5, 0.6) is 0 Å². The molecule has 0 aromatic carbocycles. The Morgan fingerprint density at radius 1 is 1.13 bits per heavy atom. The summed E-state index contributed by atoms with van der Waals surface area (Å²) >= 11 is 0. The normalized spacial score (nSPS) is 9.87. The van der Waals surface area contributed by atoms with E-state index in [1.165, 1.54) is 12.3 Å². The highest BCUT2D eigenvalue weighted by atomic mass is 16.6. The Hall–Kier alpha value is -2.37. The molecular formula is C9H6N4O2. The van der Waals surface area contributed by atoms with Gasteiger partial charge in [0.05, 0.1) is 6.07 Å². The lowest BCUT2D eigenvalue weighted by molar-refractivity contribution is -0.389. The van der Waals surface area contributed by atoms with Gasteiger partial charge in [-0.15, -0.1) is 0 Å². The molecule has 6 heteroatoms. The van der Waals surface area contributed by atoms with E-state index in [1.54, 1.807) is 24.4 Å². The molecule has 2 heterocycles. The molecule has 0 amide bonds. The van der Waals surface area contributed by atoms with Crippen molar-refractivity contribution in [1.82, 2.24) is 15.0 Å². The highest BCUT2D eigenvalue weighted by molar-refractivity contribution is 5.49. The zero-order chi connectivity index (χ0) is 10.7. The largest absolute Gasteiger partial charge is 0.367 e. The van der Waals surface area contributed by atoms with E-state index < -0.39 is 4.92 Å². The molecule has 6 nitrogen and oxygen atoms in total. The van der Waals surface area contributed by atoms with Gasteiger partial charge < -0.3 is 10.1 Å². The third-order valence-electron chi connectivity index (χ3n) is 1.72. The summed E-state index contributed by atoms with van der Waals surface area (Å²) < 4.78 is 0. The summed E-state index contributed by atoms with van der Waals surface area (Å²) in [7, 11) is 0. The van der Waals surface area contributed by atoms with Crippen LogP contribution in [0.25, 0.3) is 11.5 Å². The van der Waals surface area contributed by atoms with Crippen molar-refractivity contribution in [3.63, 3.8) is 0 Å². The van der Waals surface area contributed by atoms with Crippen molar-refractivity contribution < 1.29 is 4.92 Å². The summed E-state index contributed by atoms with van der Waals surface area (Å²) in [5, 5.41) is 10.5. The molecule has 2 rings (SSSR count). The van der Waals surface area contributed by atoms with Gasteiger partial charge in [-0.3, -0.25) is 4.98 Å². The highest BCUT2D eigenvalue weighted by Crippen LogP contribution is 2.13. The van der Waals surface area contributed by atoms with Crippen LogP contribution < -0.4 is 0 Å². The summed E-state index contributed by atoms with van der Waals surface area (Å²) in [5.74, 6) is 0.0236. The van der Waals surface area contributed by atoms with Crippen molar-refractivity contribution in [1.29, 1.82) is 0 Å². The van der Waals surface area contributed by atoms with E-state index in [-0.39, 0.29) is 11.6 Å². The summed E-state index contributed by atoms with van der Waals surface area (Å²) in [6, 6.07) is 6.46. The Labute approximate surface area is 84.8 Å². The van der Waals surface area contributed by atoms with Crippen LogP contribution in [0, 0.1) is 10.1 Å². The maximum absolute atomic E-state index is 10.5. The predicted octanol–water partition coefficient (Wildman–Crippen LogP) is 1.45. The van der Waals surface area contributed by atoms with Crippen molar-refractivity contribution in [2.24, 2.45) is 0 Å². The number of aromatic nitrogens is 3. The van der Waals surface area contributed by atoms with E-state index in [0.29, 0.717) is 5.69 Å². The molecule has 74 valence electrons. The molecule has 0 bridgehead atoms. The fourth-order valence-corrected chi connectivity index (χ4v) is 1.07. The first kappa shape index (κ1) is 9.20. The van der Waals surface area contributed by atoms with E-state index in [1.807, 2.05) is 0 Å². The third kappa shape index (κ3) is 1.93. The van der Waals surface area contributed by atoms with Crippen LogP contribution in [-0.4, -0.2) is 19.9 Å². The van der Waals surface area contributed by atoms with Crippen LogP contribution in [0.4, 0.5) is 5.82 Å². The Morgan fingerprint density at radius 3 is 2.67 bits per heavy atom. The van der Waals surface area contributed by atoms with Crippen molar-refractivity contribution in [3.05, 3.63) is 46.8 Å². The summed E-state index contributed by atoms with van der Waals surface area (Å²) in [6.07, 6.45) is 2.92. The first-order valence-corrected chi connectivity index (χ1v) is 4.16. The van der Waals surface area contributed by atoms with Gasteiger partial charge in [-0.25, -0.2) is 4.98 Å². The standard InChI is InChI=1S/C9H6N4O2/c14-13(15)8-4-6-11-9(12-8)7-3-1-2-5-10-7/h1-6H. The van der Waals surface area contributed by atoms with Crippen LogP contribution in [0.2, 0.25) is 0 Å². The molecule has 15 heavy (non-hydrogen) atoms. The minimum atomic E-state index is -0.561. The minimum Gasteiger partial charge on any atom is -0.358 e. The average Bonchev–Trinajstić information content (AvgIpc) is 2.30. The van der Waals surface area contributed by atoms with E-state index in [4.69, 9.17) is 0 Å². The maximum atomic E-state index is 10.5. The van der Waals surface area contributed by atoms with Crippen LogP contribution >= 0.6 is 0 Å². The number of nitrogens with zero attached hydrogens (tertiary/aromatic N) is 4. The molecule has 0 unspecified atom stereocenters. The fraction of sp³-hybridized carbons (Fsp3) is 0. The molecule has 0 radical (unpaired) electrons. The molecular weight excluding hydrogens is 196 g/mol. The number of hydrogen-bond acceptors (Lipinski definition) is 5. The minimum absolute atomic E-state index is 0.231. The number of rotatable bonds is 2. The Morgan fingerprint density at radius 2 is 2.00 bits per heavy atom. The average molecular weight is 202 g/mol. The van der Waals surface area contributed by atoms with Gasteiger partial charge in [0.15, 0.2) is 0 Å². The van der Waals surface area contributed by atoms with Crippen LogP contribution in [-0.2, 0) is 0 Å². The molecule has 2 aromatic rings. The van der Waals surface area contributed by atoms with Gasteiger partial charge in [0.1, 0.15) is 5.69 Å². The van der Waals surface area contributed by atoms with Gasteiger partial charge >= 0.3 is 5.82 Å². The Balaban J connectivity index is 2.46. The summed E-state index contributed by atoms with van der Waals surface area (Å²) in [6.45, 7) is 0. The van der Waals surface area contributed by atoms with Gasteiger partial charge in [-0.1, -0.05) is 6.07 Å². The third-order valence-corrected chi connectivity index (χ3v) is 1.72. The smallest absolute Gasteiger partial charge is 0.358 e. The lowest BCUT2D eigenvalue weighted by atomic mass is 10.3. The second-order valence-electron chi connectivity index (χ2n) is 2.71. The molecule has 0 atom stereocenters. The van der Waals surface area contributed by atoms with Crippen molar-refractivity contribution in [2.75, 3.05) is 0 Å². The molecule has 0 spiro atoms. The Kier molecular flexibility index (Phi) is 2.32. The van der Waals surface area contributed by atoms with Crippen LogP contribution in [0.15, 0.2) is 36.7 Å². The number of pyridine rings is 1. The second kappa shape index (κ2) is 3.79. The van der Waals surface area contributed by atoms with Crippen LogP contribution in [0.1, 0.15) is 0 Å². The van der Waals surface area contributed by atoms with Crippen molar-refractivity contribution in [2.45, 2.75) is 0 Å². The lowest BCUT2D eigenvalue weighted by Gasteiger charge is -1.94. The molecule has 0 N–H and O–H groups in total. The van der Waals surface area contributed by atoms with Crippen LogP contribution in [0.3, 0.4) is 0 Å². The molecule has 0 fully saturated rings. The Bertz CT molecular complexity index is 486. The lowest BCUT2D eigenvalue weighted by Crippen LogP contribution is -1.96. The quantitative estimate of drug-likeness (QED) is 0.543. The number of hydrogen-bond donors (Lipinski definition) is 0. The molecule has 0 aliphatic carbocycles. The van der Waals surface area contributed by atoms with E-state index in [2.05, 4.69) is 15.0 Å². The van der Waals surface area contributed by atoms with Gasteiger partial charge in [0.2, 0.25) is 0 Å². The monoisotopic (exact) mass is 202 g/mol. The van der Waals surface area contributed by atoms with Gasteiger partial charge in [-0.05, 0) is 22.0 Å². The zero-order valence-corrected chi connectivity index (χ0v) is 7.57. The summed E-state index contributed by atoms with van der Waals surface area (Å²) in [5.41, 5.74) is 0.515.